The minimum atomic E-state index is -0.645. The van der Waals surface area contributed by atoms with E-state index in [1.54, 1.807) is 20.8 Å². The van der Waals surface area contributed by atoms with E-state index in [0.717, 1.165) is 11.3 Å². The Morgan fingerprint density at radius 1 is 1.23 bits per heavy atom. The van der Waals surface area contributed by atoms with Gasteiger partial charge in [0.15, 0.2) is 0 Å². The molecular formula is C16H31N3O3. The van der Waals surface area contributed by atoms with Gasteiger partial charge in [-0.3, -0.25) is 0 Å². The number of imide groups is 1. The molecule has 0 aromatic rings. The van der Waals surface area contributed by atoms with Crippen molar-refractivity contribution in [3.8, 4) is 0 Å². The van der Waals surface area contributed by atoms with Gasteiger partial charge in [0.2, 0.25) is 0 Å². The maximum atomic E-state index is 12.2. The van der Waals surface area contributed by atoms with Gasteiger partial charge in [-0.05, 0) is 33.1 Å². The lowest BCUT2D eigenvalue weighted by atomic mass is 9.87. The van der Waals surface area contributed by atoms with Crippen LogP contribution in [0.25, 0.3) is 0 Å². The smallest absolute Gasteiger partial charge is 0.418 e. The minimum absolute atomic E-state index is 0.157. The normalized spacial score (nSPS) is 16.2. The summed E-state index contributed by atoms with van der Waals surface area (Å²) in [7, 11) is 0. The summed E-state index contributed by atoms with van der Waals surface area (Å²) in [4.78, 5) is 25.3. The van der Waals surface area contributed by atoms with E-state index < -0.39 is 17.7 Å². The molecule has 0 saturated heterocycles. The van der Waals surface area contributed by atoms with E-state index >= 15 is 0 Å². The van der Waals surface area contributed by atoms with Crippen molar-refractivity contribution in [2.24, 2.45) is 11.7 Å². The molecule has 0 aliphatic heterocycles. The number of hydrogen-bond acceptors (Lipinski definition) is 4. The van der Waals surface area contributed by atoms with Gasteiger partial charge in [0.25, 0.3) is 0 Å². The van der Waals surface area contributed by atoms with Crippen molar-refractivity contribution in [1.82, 2.24) is 10.2 Å². The fraction of sp³-hybridized carbons (Fsp3) is 0.875. The fourth-order valence-corrected chi connectivity index (χ4v) is 2.68. The van der Waals surface area contributed by atoms with Crippen molar-refractivity contribution < 1.29 is 14.3 Å². The Balaban J connectivity index is 2.41. The first kappa shape index (κ1) is 18.7. The van der Waals surface area contributed by atoms with E-state index in [-0.39, 0.29) is 13.1 Å². The first-order valence-corrected chi connectivity index (χ1v) is 8.32. The van der Waals surface area contributed by atoms with E-state index in [9.17, 15) is 9.59 Å². The molecule has 0 aromatic heterocycles. The van der Waals surface area contributed by atoms with Crippen molar-refractivity contribution in [3.63, 3.8) is 0 Å². The van der Waals surface area contributed by atoms with Crippen LogP contribution in [0.4, 0.5) is 9.59 Å². The molecule has 0 spiro atoms. The van der Waals surface area contributed by atoms with Crippen molar-refractivity contribution in [2.75, 3.05) is 19.6 Å². The average molecular weight is 313 g/mol. The number of amides is 3. The van der Waals surface area contributed by atoms with E-state index in [2.05, 4.69) is 5.32 Å². The molecule has 1 rings (SSSR count). The van der Waals surface area contributed by atoms with E-state index in [1.165, 1.54) is 32.1 Å². The van der Waals surface area contributed by atoms with Crippen LogP contribution < -0.4 is 11.1 Å². The highest BCUT2D eigenvalue weighted by molar-refractivity contribution is 5.91. The molecule has 0 unspecified atom stereocenters. The van der Waals surface area contributed by atoms with Crippen LogP contribution in [0, 0.1) is 5.92 Å². The Hall–Kier alpha value is -1.30. The molecule has 0 bridgehead atoms. The van der Waals surface area contributed by atoms with Gasteiger partial charge in [-0.25, -0.2) is 14.5 Å². The highest BCUT2D eigenvalue weighted by Gasteiger charge is 2.26. The fourth-order valence-electron chi connectivity index (χ4n) is 2.68. The van der Waals surface area contributed by atoms with Gasteiger partial charge < -0.3 is 15.8 Å². The topological polar surface area (TPSA) is 84.7 Å². The molecule has 3 amide bonds. The van der Waals surface area contributed by atoms with Crippen LogP contribution in [0.5, 0.6) is 0 Å². The summed E-state index contributed by atoms with van der Waals surface area (Å²) in [6, 6.07) is -0.421. The van der Waals surface area contributed by atoms with Crippen molar-refractivity contribution in [2.45, 2.75) is 64.9 Å². The minimum Gasteiger partial charge on any atom is -0.443 e. The van der Waals surface area contributed by atoms with Crippen molar-refractivity contribution in [1.29, 1.82) is 0 Å². The van der Waals surface area contributed by atoms with Gasteiger partial charge in [-0.2, -0.15) is 0 Å². The molecule has 0 radical (unpaired) electrons. The molecule has 1 saturated carbocycles. The number of ether oxygens (including phenoxy) is 1. The zero-order valence-electron chi connectivity index (χ0n) is 14.2. The zero-order chi connectivity index (χ0) is 16.6. The highest BCUT2D eigenvalue weighted by Crippen LogP contribution is 2.25. The second-order valence-electron chi connectivity index (χ2n) is 6.95. The Morgan fingerprint density at radius 2 is 1.86 bits per heavy atom. The summed E-state index contributed by atoms with van der Waals surface area (Å²) in [6.07, 6.45) is 6.71. The number of rotatable bonds is 5. The largest absolute Gasteiger partial charge is 0.443 e. The van der Waals surface area contributed by atoms with Gasteiger partial charge in [0, 0.05) is 19.6 Å². The zero-order valence-corrected chi connectivity index (χ0v) is 14.2. The first-order valence-electron chi connectivity index (χ1n) is 8.32. The third-order valence-corrected chi connectivity index (χ3v) is 3.77. The number of carbonyl (C=O) groups excluding carboxylic acids is 2. The Labute approximate surface area is 133 Å². The van der Waals surface area contributed by atoms with Crippen LogP contribution in [-0.4, -0.2) is 42.3 Å². The molecule has 0 heterocycles. The number of urea groups is 1. The van der Waals surface area contributed by atoms with Crippen LogP contribution in [-0.2, 0) is 4.74 Å². The molecule has 3 N–H and O–H groups in total. The molecule has 0 atom stereocenters. The maximum absolute atomic E-state index is 12.2. The van der Waals surface area contributed by atoms with Gasteiger partial charge >= 0.3 is 12.1 Å². The second-order valence-corrected chi connectivity index (χ2v) is 6.95. The van der Waals surface area contributed by atoms with Crippen molar-refractivity contribution in [3.05, 3.63) is 0 Å². The molecular weight excluding hydrogens is 282 g/mol. The third-order valence-electron chi connectivity index (χ3n) is 3.77. The lowest BCUT2D eigenvalue weighted by Crippen LogP contribution is -2.48. The summed E-state index contributed by atoms with van der Waals surface area (Å²) in [5, 5.41) is 2.81. The van der Waals surface area contributed by atoms with E-state index in [4.69, 9.17) is 10.5 Å². The number of nitrogens with zero attached hydrogens (tertiary/aromatic N) is 1. The molecule has 128 valence electrons. The maximum Gasteiger partial charge on any atom is 0.418 e. The second kappa shape index (κ2) is 8.98. The van der Waals surface area contributed by atoms with E-state index in [0.29, 0.717) is 12.5 Å². The lowest BCUT2D eigenvalue weighted by molar-refractivity contribution is 0.0325. The summed E-state index contributed by atoms with van der Waals surface area (Å²) < 4.78 is 5.24. The average Bonchev–Trinajstić information content (AvgIpc) is 2.43. The van der Waals surface area contributed by atoms with Crippen LogP contribution in [0.15, 0.2) is 0 Å². The molecule has 1 fully saturated rings. The van der Waals surface area contributed by atoms with Gasteiger partial charge in [0.05, 0.1) is 0 Å². The number of carbonyl (C=O) groups is 2. The van der Waals surface area contributed by atoms with E-state index in [1.807, 2.05) is 0 Å². The predicted octanol–water partition coefficient (Wildman–Crippen LogP) is 2.86. The van der Waals surface area contributed by atoms with Gasteiger partial charge in [-0.15, -0.1) is 0 Å². The summed E-state index contributed by atoms with van der Waals surface area (Å²) in [5.41, 5.74) is 4.85. The molecule has 0 aromatic carbocycles. The molecule has 22 heavy (non-hydrogen) atoms. The molecule has 6 heteroatoms. The summed E-state index contributed by atoms with van der Waals surface area (Å²) in [5.74, 6) is 0.693. The molecule has 1 aliphatic rings. The van der Waals surface area contributed by atoms with Crippen LogP contribution in [0.2, 0.25) is 0 Å². The van der Waals surface area contributed by atoms with Crippen LogP contribution in [0.3, 0.4) is 0 Å². The predicted molar refractivity (Wildman–Crippen MR) is 86.6 cm³/mol. The summed E-state index contributed by atoms with van der Waals surface area (Å²) in [6.45, 7) is 6.28. The lowest BCUT2D eigenvalue weighted by Gasteiger charge is -2.26. The van der Waals surface area contributed by atoms with Crippen molar-refractivity contribution >= 4 is 12.1 Å². The standard InChI is InChI=1S/C16H31N3O3/c1-16(2,3)22-15(21)19(12-10-17)14(20)18-11-9-13-7-5-4-6-8-13/h13H,4-12,17H2,1-3H3,(H,18,20). The first-order chi connectivity index (χ1) is 10.3. The molecule has 6 nitrogen and oxygen atoms in total. The van der Waals surface area contributed by atoms with Gasteiger partial charge in [-0.1, -0.05) is 32.1 Å². The highest BCUT2D eigenvalue weighted by atomic mass is 16.6. The van der Waals surface area contributed by atoms with Crippen LogP contribution >= 0.6 is 0 Å². The molecule has 1 aliphatic carbocycles. The third kappa shape index (κ3) is 7.11. The van der Waals surface area contributed by atoms with Crippen LogP contribution in [0.1, 0.15) is 59.3 Å². The quantitative estimate of drug-likeness (QED) is 0.817. The Kier molecular flexibility index (Phi) is 7.65. The van der Waals surface area contributed by atoms with Gasteiger partial charge in [0.1, 0.15) is 5.60 Å². The SMILES string of the molecule is CC(C)(C)OC(=O)N(CCN)C(=O)NCCC1CCCCC1. The monoisotopic (exact) mass is 313 g/mol. The number of hydrogen-bond donors (Lipinski definition) is 2. The number of nitrogens with one attached hydrogen (secondary N) is 1. The Morgan fingerprint density at radius 3 is 2.41 bits per heavy atom. The number of nitrogens with two attached hydrogens (primary N) is 1. The summed E-state index contributed by atoms with van der Waals surface area (Å²) >= 11 is 0. The Bertz CT molecular complexity index is 360.